The van der Waals surface area contributed by atoms with Crippen LogP contribution in [-0.2, 0) is 11.3 Å². The molecule has 0 radical (unpaired) electrons. The van der Waals surface area contributed by atoms with Crippen LogP contribution in [0.3, 0.4) is 0 Å². The molecule has 2 aromatic carbocycles. The number of benzene rings is 2. The molecule has 0 saturated carbocycles. The smallest absolute Gasteiger partial charge is 0.241 e. The molecule has 1 aliphatic rings. The van der Waals surface area contributed by atoms with Crippen LogP contribution in [-0.4, -0.2) is 48.3 Å². The first-order valence-electron chi connectivity index (χ1n) is 10.4. The summed E-state index contributed by atoms with van der Waals surface area (Å²) in [7, 11) is 3.17. The highest BCUT2D eigenvalue weighted by molar-refractivity contribution is 6.33. The number of ether oxygens (including phenoxy) is 2. The number of methoxy groups -OCH3 is 2. The molecular formula is C23H25ClN4O4. The number of likely N-dealkylation sites (tertiary alicyclic amines) is 1. The van der Waals surface area contributed by atoms with E-state index in [1.54, 1.807) is 32.4 Å². The van der Waals surface area contributed by atoms with Crippen LogP contribution in [0.5, 0.6) is 11.5 Å². The molecule has 4 rings (SSSR count). The fourth-order valence-corrected chi connectivity index (χ4v) is 4.00. The number of carbonyl (C=O) groups is 1. The van der Waals surface area contributed by atoms with Crippen molar-refractivity contribution in [2.45, 2.75) is 19.4 Å². The number of aromatic nitrogens is 2. The van der Waals surface area contributed by atoms with Crippen molar-refractivity contribution in [3.63, 3.8) is 0 Å². The molecule has 1 atom stereocenters. The summed E-state index contributed by atoms with van der Waals surface area (Å²) in [4.78, 5) is 19.4. The molecule has 1 N–H and O–H groups in total. The van der Waals surface area contributed by atoms with Crippen LogP contribution >= 0.6 is 11.6 Å². The summed E-state index contributed by atoms with van der Waals surface area (Å²) in [5, 5.41) is 7.57. The maximum atomic E-state index is 12.7. The first-order chi connectivity index (χ1) is 15.6. The molecule has 0 unspecified atom stereocenters. The molecule has 0 bridgehead atoms. The van der Waals surface area contributed by atoms with Gasteiger partial charge in [0.15, 0.2) is 11.5 Å². The van der Waals surface area contributed by atoms with Crippen molar-refractivity contribution in [1.29, 1.82) is 0 Å². The van der Waals surface area contributed by atoms with Crippen LogP contribution in [0.1, 0.15) is 18.7 Å². The van der Waals surface area contributed by atoms with Crippen LogP contribution in [0.25, 0.3) is 11.4 Å². The van der Waals surface area contributed by atoms with Gasteiger partial charge in [-0.1, -0.05) is 28.9 Å². The molecule has 1 aliphatic heterocycles. The van der Waals surface area contributed by atoms with Crippen molar-refractivity contribution in [3.8, 4) is 22.9 Å². The molecule has 1 saturated heterocycles. The van der Waals surface area contributed by atoms with Crippen molar-refractivity contribution < 1.29 is 18.8 Å². The Hall–Kier alpha value is -3.10. The Morgan fingerprint density at radius 3 is 2.81 bits per heavy atom. The van der Waals surface area contributed by atoms with Gasteiger partial charge in [0.05, 0.1) is 37.4 Å². The lowest BCUT2D eigenvalue weighted by molar-refractivity contribution is -0.121. The number of hydrogen-bond acceptors (Lipinski definition) is 7. The summed E-state index contributed by atoms with van der Waals surface area (Å²) >= 11 is 6.16. The number of amides is 1. The first-order valence-corrected chi connectivity index (χ1v) is 10.8. The maximum Gasteiger partial charge on any atom is 0.241 e. The molecule has 8 nitrogen and oxygen atoms in total. The normalized spacial score (nSPS) is 16.5. The fourth-order valence-electron chi connectivity index (χ4n) is 3.81. The second kappa shape index (κ2) is 10.0. The number of nitrogens with one attached hydrogen (secondary N) is 1. The van der Waals surface area contributed by atoms with Crippen LogP contribution < -0.4 is 14.8 Å². The third kappa shape index (κ3) is 5.03. The number of nitrogens with zero attached hydrogens (tertiary/aromatic N) is 3. The zero-order valence-corrected chi connectivity index (χ0v) is 18.8. The topological polar surface area (TPSA) is 89.7 Å². The van der Waals surface area contributed by atoms with Crippen molar-refractivity contribution in [1.82, 2.24) is 15.0 Å². The van der Waals surface area contributed by atoms with E-state index in [1.807, 2.05) is 24.3 Å². The Morgan fingerprint density at radius 1 is 1.22 bits per heavy atom. The quantitative estimate of drug-likeness (QED) is 0.568. The van der Waals surface area contributed by atoms with Gasteiger partial charge in [-0.15, -0.1) is 0 Å². The molecule has 32 heavy (non-hydrogen) atoms. The summed E-state index contributed by atoms with van der Waals surface area (Å²) in [6.07, 6.45) is 1.74. The first kappa shape index (κ1) is 22.1. The van der Waals surface area contributed by atoms with Crippen LogP contribution in [0.15, 0.2) is 47.0 Å². The minimum Gasteiger partial charge on any atom is -0.493 e. The Morgan fingerprint density at radius 2 is 2.03 bits per heavy atom. The molecule has 3 aromatic rings. The Balaban J connectivity index is 1.39. The average Bonchev–Trinajstić information content (AvgIpc) is 3.28. The molecule has 1 aromatic heterocycles. The van der Waals surface area contributed by atoms with Crippen molar-refractivity contribution in [2.24, 2.45) is 5.92 Å². The van der Waals surface area contributed by atoms with E-state index in [0.29, 0.717) is 47.0 Å². The highest BCUT2D eigenvalue weighted by Crippen LogP contribution is 2.31. The highest BCUT2D eigenvalue weighted by Gasteiger charge is 2.27. The largest absolute Gasteiger partial charge is 0.493 e. The Kier molecular flexibility index (Phi) is 6.92. The molecule has 1 fully saturated rings. The van der Waals surface area contributed by atoms with Gasteiger partial charge in [0, 0.05) is 12.1 Å². The summed E-state index contributed by atoms with van der Waals surface area (Å²) in [5.41, 5.74) is 1.40. The standard InChI is InChI=1S/C23H25ClN4O4/c1-30-19-10-9-15(12-20(19)31-2)22-26-21(32-27-22)14-28-11-5-6-16(13-28)23(29)25-18-8-4-3-7-17(18)24/h3-4,7-10,12,16H,5-6,11,13-14H2,1-2H3,(H,25,29)/t16-/m0/s1. The second-order valence-corrected chi connectivity index (χ2v) is 8.03. The van der Waals surface area contributed by atoms with E-state index in [9.17, 15) is 4.79 Å². The SMILES string of the molecule is COc1ccc(-c2noc(CN3CCC[C@H](C(=O)Nc4ccccc4Cl)C3)n2)cc1OC. The fraction of sp³-hybridized carbons (Fsp3) is 0.348. The van der Waals surface area contributed by atoms with E-state index in [1.165, 1.54) is 0 Å². The number of piperidine rings is 1. The van der Waals surface area contributed by atoms with Gasteiger partial charge in [-0.3, -0.25) is 9.69 Å². The molecule has 2 heterocycles. The van der Waals surface area contributed by atoms with Gasteiger partial charge in [0.1, 0.15) is 0 Å². The number of carbonyl (C=O) groups excluding carboxylic acids is 1. The lowest BCUT2D eigenvalue weighted by Crippen LogP contribution is -2.40. The molecule has 0 aliphatic carbocycles. The number of rotatable bonds is 7. The zero-order valence-electron chi connectivity index (χ0n) is 18.0. The number of hydrogen-bond donors (Lipinski definition) is 1. The van der Waals surface area contributed by atoms with Crippen molar-refractivity contribution >= 4 is 23.2 Å². The van der Waals surface area contributed by atoms with Gasteiger partial charge in [0.2, 0.25) is 17.6 Å². The van der Waals surface area contributed by atoms with Crippen LogP contribution in [0.4, 0.5) is 5.69 Å². The maximum absolute atomic E-state index is 12.7. The minimum absolute atomic E-state index is 0.0284. The monoisotopic (exact) mass is 456 g/mol. The van der Waals surface area contributed by atoms with E-state index in [0.717, 1.165) is 24.9 Å². The van der Waals surface area contributed by atoms with Crippen LogP contribution in [0, 0.1) is 5.92 Å². The molecule has 0 spiro atoms. The van der Waals surface area contributed by atoms with E-state index in [2.05, 4.69) is 20.4 Å². The zero-order chi connectivity index (χ0) is 22.5. The van der Waals surface area contributed by atoms with Gasteiger partial charge < -0.3 is 19.3 Å². The van der Waals surface area contributed by atoms with E-state index < -0.39 is 0 Å². The predicted molar refractivity (Wildman–Crippen MR) is 121 cm³/mol. The summed E-state index contributed by atoms with van der Waals surface area (Å²) in [6.45, 7) is 1.96. The molecule has 168 valence electrons. The summed E-state index contributed by atoms with van der Waals surface area (Å²) in [5.74, 6) is 2.05. The second-order valence-electron chi connectivity index (χ2n) is 7.62. The lowest BCUT2D eigenvalue weighted by Gasteiger charge is -2.30. The van der Waals surface area contributed by atoms with E-state index >= 15 is 0 Å². The number of para-hydroxylation sites is 1. The third-order valence-corrected chi connectivity index (χ3v) is 5.81. The average molecular weight is 457 g/mol. The Labute approximate surface area is 191 Å². The van der Waals surface area contributed by atoms with Crippen molar-refractivity contribution in [2.75, 3.05) is 32.6 Å². The number of anilines is 1. The van der Waals surface area contributed by atoms with Crippen molar-refractivity contribution in [3.05, 3.63) is 53.4 Å². The number of halogens is 1. The van der Waals surface area contributed by atoms with Gasteiger partial charge in [-0.25, -0.2) is 0 Å². The molecular weight excluding hydrogens is 432 g/mol. The third-order valence-electron chi connectivity index (χ3n) is 5.48. The van der Waals surface area contributed by atoms with E-state index in [-0.39, 0.29) is 11.8 Å². The summed E-state index contributed by atoms with van der Waals surface area (Å²) in [6, 6.07) is 12.7. The van der Waals surface area contributed by atoms with Gasteiger partial charge in [0.25, 0.3) is 0 Å². The predicted octanol–water partition coefficient (Wildman–Crippen LogP) is 4.26. The van der Waals surface area contributed by atoms with Gasteiger partial charge in [-0.2, -0.15) is 4.98 Å². The Bertz CT molecular complexity index is 1090. The van der Waals surface area contributed by atoms with Gasteiger partial charge in [-0.05, 0) is 49.7 Å². The minimum atomic E-state index is -0.131. The highest BCUT2D eigenvalue weighted by atomic mass is 35.5. The van der Waals surface area contributed by atoms with E-state index in [4.69, 9.17) is 25.6 Å². The summed E-state index contributed by atoms with van der Waals surface area (Å²) < 4.78 is 16.1. The molecule has 9 heteroatoms. The lowest BCUT2D eigenvalue weighted by atomic mass is 9.97. The van der Waals surface area contributed by atoms with Crippen LogP contribution in [0.2, 0.25) is 5.02 Å². The molecule has 1 amide bonds. The van der Waals surface area contributed by atoms with Gasteiger partial charge >= 0.3 is 0 Å².